The highest BCUT2D eigenvalue weighted by Gasteiger charge is 2.31. The number of carbonyl (C=O) groups excluding carboxylic acids is 3. The smallest absolute Gasteiger partial charge is 0.328 e. The summed E-state index contributed by atoms with van der Waals surface area (Å²) in [7, 11) is 1.36. The molecule has 0 spiro atoms. The van der Waals surface area contributed by atoms with E-state index in [2.05, 4.69) is 5.32 Å². The molecule has 42 heavy (non-hydrogen) atoms. The largest absolute Gasteiger partial charge is 0.492 e. The summed E-state index contributed by atoms with van der Waals surface area (Å²) < 4.78 is 11.1. The minimum Gasteiger partial charge on any atom is -0.492 e. The molecule has 1 amide bonds. The molecule has 1 atom stereocenters. The van der Waals surface area contributed by atoms with Gasteiger partial charge in [-0.3, -0.25) is 9.59 Å². The number of hydrogen-bond donors (Lipinski definition) is 1. The summed E-state index contributed by atoms with van der Waals surface area (Å²) in [6.07, 6.45) is 7.13. The summed E-state index contributed by atoms with van der Waals surface area (Å²) in [5.74, 6) is 1.31. The van der Waals surface area contributed by atoms with Gasteiger partial charge in [-0.15, -0.1) is 0 Å². The first-order valence-corrected chi connectivity index (χ1v) is 15.1. The quantitative estimate of drug-likeness (QED) is 0.192. The molecule has 0 aliphatic heterocycles. The van der Waals surface area contributed by atoms with E-state index >= 15 is 0 Å². The van der Waals surface area contributed by atoms with Gasteiger partial charge in [-0.25, -0.2) is 4.79 Å². The zero-order valence-electron chi connectivity index (χ0n) is 24.3. The Bertz CT molecular complexity index is 1350. The molecule has 0 bridgehead atoms. The van der Waals surface area contributed by atoms with Crippen molar-refractivity contribution in [3.63, 3.8) is 0 Å². The highest BCUT2D eigenvalue weighted by molar-refractivity contribution is 6.12. The van der Waals surface area contributed by atoms with E-state index in [-0.39, 0.29) is 11.7 Å². The number of nitrogens with one attached hydrogen (secondary N) is 1. The Hall–Kier alpha value is -4.13. The van der Waals surface area contributed by atoms with E-state index < -0.39 is 12.0 Å². The van der Waals surface area contributed by atoms with Gasteiger partial charge in [0, 0.05) is 35.7 Å². The van der Waals surface area contributed by atoms with E-state index in [0.29, 0.717) is 48.2 Å². The minimum atomic E-state index is -0.691. The van der Waals surface area contributed by atoms with Crippen LogP contribution in [0.25, 0.3) is 0 Å². The Balaban J connectivity index is 1.19. The van der Waals surface area contributed by atoms with E-state index in [1.54, 1.807) is 24.3 Å². The molecule has 1 N–H and O–H groups in total. The predicted octanol–water partition coefficient (Wildman–Crippen LogP) is 5.92. The third-order valence-electron chi connectivity index (χ3n) is 8.21. The van der Waals surface area contributed by atoms with Crippen LogP contribution in [0.15, 0.2) is 78.9 Å². The normalized spacial score (nSPS) is 15.5. The lowest BCUT2D eigenvalue weighted by molar-refractivity contribution is -0.141. The fourth-order valence-corrected chi connectivity index (χ4v) is 5.64. The number of esters is 1. The Morgan fingerprint density at radius 2 is 1.57 bits per heavy atom. The van der Waals surface area contributed by atoms with E-state index in [0.717, 1.165) is 43.5 Å². The lowest BCUT2D eigenvalue weighted by atomic mass is 10.00. The van der Waals surface area contributed by atoms with Gasteiger partial charge in [0.25, 0.3) is 0 Å². The predicted molar refractivity (Wildman–Crippen MR) is 163 cm³/mol. The monoisotopic (exact) mass is 568 g/mol. The minimum absolute atomic E-state index is 0.121. The van der Waals surface area contributed by atoms with Gasteiger partial charge in [-0.05, 0) is 61.4 Å². The average Bonchev–Trinajstić information content (AvgIpc) is 3.68. The Labute approximate surface area is 248 Å². The van der Waals surface area contributed by atoms with Crippen molar-refractivity contribution in [2.24, 2.45) is 11.8 Å². The van der Waals surface area contributed by atoms with Crippen molar-refractivity contribution >= 4 is 23.3 Å². The molecule has 0 unspecified atom stereocenters. The number of rotatable bonds is 14. The van der Waals surface area contributed by atoms with Crippen LogP contribution in [0, 0.1) is 11.8 Å². The van der Waals surface area contributed by atoms with Crippen molar-refractivity contribution < 1.29 is 23.9 Å². The van der Waals surface area contributed by atoms with Crippen LogP contribution in [0.1, 0.15) is 60.0 Å². The van der Waals surface area contributed by atoms with Crippen molar-refractivity contribution in [2.75, 3.05) is 32.1 Å². The third-order valence-corrected chi connectivity index (χ3v) is 8.21. The van der Waals surface area contributed by atoms with Crippen LogP contribution in [0.3, 0.4) is 0 Å². The van der Waals surface area contributed by atoms with Gasteiger partial charge < -0.3 is 19.7 Å². The molecule has 0 heterocycles. The van der Waals surface area contributed by atoms with Crippen molar-refractivity contribution in [3.05, 3.63) is 95.6 Å². The lowest BCUT2D eigenvalue weighted by Gasteiger charge is -2.25. The van der Waals surface area contributed by atoms with Crippen molar-refractivity contribution in [2.45, 2.75) is 51.0 Å². The van der Waals surface area contributed by atoms with Crippen LogP contribution in [-0.2, 0) is 20.7 Å². The summed E-state index contributed by atoms with van der Waals surface area (Å²) in [5.41, 5.74) is 2.56. The van der Waals surface area contributed by atoms with Gasteiger partial charge in [0.15, 0.2) is 5.78 Å². The van der Waals surface area contributed by atoms with Crippen LogP contribution < -0.4 is 10.1 Å². The summed E-state index contributed by atoms with van der Waals surface area (Å²) in [4.78, 5) is 41.0. The van der Waals surface area contributed by atoms with Crippen LogP contribution in [0.4, 0.5) is 5.69 Å². The second-order valence-electron chi connectivity index (χ2n) is 11.4. The van der Waals surface area contributed by atoms with Gasteiger partial charge in [0.2, 0.25) is 5.91 Å². The molecule has 2 saturated carbocycles. The van der Waals surface area contributed by atoms with Gasteiger partial charge >= 0.3 is 5.97 Å². The molecule has 5 rings (SSSR count). The molecule has 7 nitrogen and oxygen atoms in total. The number of ether oxygens (including phenoxy) is 2. The standard InChI is InChI=1S/C35H40N2O5/c1-41-35(40)32(36-31-14-8-7-13-30(31)33(38)27-9-3-2-4-10-27)23-25-17-19-29(20-18-25)42-22-21-37(24-26-15-16-26)34(39)28-11-5-6-12-28/h2-4,7-10,13-14,17-20,26,28,32,36H,5-6,11-12,15-16,21-24H2,1H3/t32-/m0/s1. The Kier molecular flexibility index (Phi) is 9.90. The maximum Gasteiger partial charge on any atom is 0.328 e. The molecule has 0 aromatic heterocycles. The maximum atomic E-state index is 13.2. The van der Waals surface area contributed by atoms with Crippen LogP contribution >= 0.6 is 0 Å². The Morgan fingerprint density at radius 1 is 0.881 bits per heavy atom. The number of anilines is 1. The second-order valence-corrected chi connectivity index (χ2v) is 11.4. The van der Waals surface area contributed by atoms with E-state index in [9.17, 15) is 14.4 Å². The van der Waals surface area contributed by atoms with Gasteiger partial charge in [0.05, 0.1) is 13.7 Å². The first-order valence-electron chi connectivity index (χ1n) is 15.1. The molecule has 3 aromatic rings. The molecule has 2 aliphatic carbocycles. The van der Waals surface area contributed by atoms with Crippen LogP contribution in [0.5, 0.6) is 5.75 Å². The van der Waals surface area contributed by atoms with Gasteiger partial charge in [0.1, 0.15) is 18.4 Å². The van der Waals surface area contributed by atoms with Gasteiger partial charge in [-0.1, -0.05) is 67.4 Å². The highest BCUT2D eigenvalue weighted by Crippen LogP contribution is 2.32. The molecule has 220 valence electrons. The first kappa shape index (κ1) is 29.4. The van der Waals surface area contributed by atoms with Gasteiger partial charge in [-0.2, -0.15) is 0 Å². The number of nitrogens with zero attached hydrogens (tertiary/aromatic N) is 1. The SMILES string of the molecule is COC(=O)[C@H](Cc1ccc(OCCN(CC2CC2)C(=O)C2CCCC2)cc1)Nc1ccccc1C(=O)c1ccccc1. The van der Waals surface area contributed by atoms with E-state index in [4.69, 9.17) is 9.47 Å². The van der Waals surface area contributed by atoms with Crippen molar-refractivity contribution in [1.82, 2.24) is 4.90 Å². The summed E-state index contributed by atoms with van der Waals surface area (Å²) in [5, 5.41) is 3.25. The van der Waals surface area contributed by atoms with Crippen molar-refractivity contribution in [1.29, 1.82) is 0 Å². The molecule has 7 heteroatoms. The molecule has 2 fully saturated rings. The molecule has 3 aromatic carbocycles. The topological polar surface area (TPSA) is 84.9 Å². The number of ketones is 1. The zero-order chi connectivity index (χ0) is 29.3. The van der Waals surface area contributed by atoms with E-state index in [1.807, 2.05) is 59.5 Å². The number of carbonyl (C=O) groups is 3. The second kappa shape index (κ2) is 14.2. The first-order chi connectivity index (χ1) is 20.5. The number of amides is 1. The Morgan fingerprint density at radius 3 is 2.26 bits per heavy atom. The summed E-state index contributed by atoms with van der Waals surface area (Å²) in [6.45, 7) is 1.89. The van der Waals surface area contributed by atoms with Crippen LogP contribution in [0.2, 0.25) is 0 Å². The summed E-state index contributed by atoms with van der Waals surface area (Å²) in [6, 6.07) is 23.2. The number of methoxy groups -OCH3 is 1. The number of benzene rings is 3. The fourth-order valence-electron chi connectivity index (χ4n) is 5.64. The molecular weight excluding hydrogens is 528 g/mol. The number of para-hydroxylation sites is 1. The molecule has 0 radical (unpaired) electrons. The summed E-state index contributed by atoms with van der Waals surface area (Å²) >= 11 is 0. The fraction of sp³-hybridized carbons (Fsp3) is 0.400. The average molecular weight is 569 g/mol. The molecule has 2 aliphatic rings. The zero-order valence-corrected chi connectivity index (χ0v) is 24.3. The van der Waals surface area contributed by atoms with Crippen LogP contribution in [-0.4, -0.2) is 55.4 Å². The lowest BCUT2D eigenvalue weighted by Crippen LogP contribution is -2.39. The van der Waals surface area contributed by atoms with Crippen molar-refractivity contribution in [3.8, 4) is 5.75 Å². The number of hydrogen-bond acceptors (Lipinski definition) is 6. The highest BCUT2D eigenvalue weighted by atomic mass is 16.5. The maximum absolute atomic E-state index is 13.2. The van der Waals surface area contributed by atoms with E-state index in [1.165, 1.54) is 20.0 Å². The molecular formula is C35H40N2O5. The molecule has 0 saturated heterocycles. The third kappa shape index (κ3) is 7.78.